The predicted octanol–water partition coefficient (Wildman–Crippen LogP) is 5.66. The lowest BCUT2D eigenvalue weighted by molar-refractivity contribution is -0.115. The fourth-order valence-corrected chi connectivity index (χ4v) is 4.61. The number of hydrogen-bond donors (Lipinski definition) is 1. The van der Waals surface area contributed by atoms with Gasteiger partial charge in [0.15, 0.2) is 5.17 Å². The Morgan fingerprint density at radius 2 is 1.81 bits per heavy atom. The maximum atomic E-state index is 12.5. The summed E-state index contributed by atoms with van der Waals surface area (Å²) >= 11 is 7.64. The average molecular weight is 468 g/mol. The van der Waals surface area contributed by atoms with Crippen LogP contribution in [0.25, 0.3) is 11.8 Å². The highest BCUT2D eigenvalue weighted by Gasteiger charge is 2.24. The van der Waals surface area contributed by atoms with E-state index in [4.69, 9.17) is 21.1 Å². The van der Waals surface area contributed by atoms with E-state index in [1.807, 2.05) is 68.5 Å². The van der Waals surface area contributed by atoms with Crippen LogP contribution in [0, 0.1) is 13.8 Å². The molecule has 1 saturated heterocycles. The molecule has 1 fully saturated rings. The number of rotatable bonds is 5. The normalized spacial score (nSPS) is 16.0. The molecule has 4 rings (SSSR count). The molecule has 0 spiro atoms. The number of nitrogens with one attached hydrogen (secondary N) is 1. The Labute approximate surface area is 195 Å². The van der Waals surface area contributed by atoms with Crippen molar-refractivity contribution in [3.8, 4) is 17.2 Å². The van der Waals surface area contributed by atoms with Crippen LogP contribution in [0.4, 0.5) is 5.69 Å². The van der Waals surface area contributed by atoms with Crippen LogP contribution in [0.1, 0.15) is 17.0 Å². The summed E-state index contributed by atoms with van der Waals surface area (Å²) in [6.45, 7) is 4.03. The number of carbonyl (C=O) groups is 1. The second kappa shape index (κ2) is 9.14. The summed E-state index contributed by atoms with van der Waals surface area (Å²) in [5.41, 5.74) is 4.67. The molecule has 2 aromatic carbocycles. The minimum atomic E-state index is -0.167. The van der Waals surface area contributed by atoms with Crippen molar-refractivity contribution < 1.29 is 14.3 Å². The molecule has 1 aliphatic rings. The molecule has 3 aromatic rings. The highest BCUT2D eigenvalue weighted by molar-refractivity contribution is 8.18. The van der Waals surface area contributed by atoms with Gasteiger partial charge in [-0.25, -0.2) is 4.99 Å². The summed E-state index contributed by atoms with van der Waals surface area (Å²) < 4.78 is 12.5. The van der Waals surface area contributed by atoms with Gasteiger partial charge in [0.2, 0.25) is 0 Å². The van der Waals surface area contributed by atoms with Gasteiger partial charge in [0.25, 0.3) is 5.91 Å². The molecule has 0 aliphatic carbocycles. The van der Waals surface area contributed by atoms with Crippen molar-refractivity contribution in [2.75, 3.05) is 14.2 Å². The van der Waals surface area contributed by atoms with Gasteiger partial charge in [0.1, 0.15) is 11.5 Å². The number of aryl methyl sites for hydroxylation is 1. The number of hydrogen-bond acceptors (Lipinski definition) is 5. The number of ether oxygens (including phenoxy) is 2. The molecule has 0 atom stereocenters. The third kappa shape index (κ3) is 4.40. The first kappa shape index (κ1) is 22.0. The first-order valence-corrected chi connectivity index (χ1v) is 11.1. The number of thioether (sulfide) groups is 1. The molecule has 1 aliphatic heterocycles. The van der Waals surface area contributed by atoms with Crippen molar-refractivity contribution in [2.45, 2.75) is 13.8 Å². The van der Waals surface area contributed by atoms with Crippen molar-refractivity contribution >= 4 is 46.2 Å². The van der Waals surface area contributed by atoms with E-state index in [-0.39, 0.29) is 5.91 Å². The fraction of sp³-hybridized carbons (Fsp3) is 0.167. The molecule has 1 amide bonds. The number of aliphatic imine (C=N–C) groups is 1. The van der Waals surface area contributed by atoms with Crippen LogP contribution in [0.3, 0.4) is 0 Å². The predicted molar refractivity (Wildman–Crippen MR) is 131 cm³/mol. The minimum absolute atomic E-state index is 0.167. The number of halogens is 1. The monoisotopic (exact) mass is 467 g/mol. The fourth-order valence-electron chi connectivity index (χ4n) is 3.52. The van der Waals surface area contributed by atoms with Crippen molar-refractivity contribution in [3.05, 3.63) is 75.4 Å². The Bertz CT molecular complexity index is 1250. The summed E-state index contributed by atoms with van der Waals surface area (Å²) in [4.78, 5) is 17.6. The van der Waals surface area contributed by atoms with Crippen LogP contribution in [0.2, 0.25) is 5.02 Å². The Hall–Kier alpha value is -3.16. The van der Waals surface area contributed by atoms with Crippen molar-refractivity contribution in [3.63, 3.8) is 0 Å². The Morgan fingerprint density at radius 3 is 2.47 bits per heavy atom. The average Bonchev–Trinajstić information content (AvgIpc) is 3.26. The molecule has 0 bridgehead atoms. The first-order valence-electron chi connectivity index (χ1n) is 9.86. The van der Waals surface area contributed by atoms with Crippen LogP contribution in [0.15, 0.2) is 58.4 Å². The molecule has 1 N–H and O–H groups in total. The van der Waals surface area contributed by atoms with Crippen LogP contribution < -0.4 is 14.8 Å². The van der Waals surface area contributed by atoms with Gasteiger partial charge >= 0.3 is 0 Å². The standard InChI is InChI=1S/C24H22ClN3O3S/c1-14-11-16(15(2)28(14)18-7-10-21(31-4)20(25)13-18)12-22-23(29)27-24(32-22)26-17-5-8-19(30-3)9-6-17/h5-13H,1-4H3,(H,26,27,29). The summed E-state index contributed by atoms with van der Waals surface area (Å²) in [5, 5.41) is 3.92. The van der Waals surface area contributed by atoms with Gasteiger partial charge in [0.05, 0.1) is 29.8 Å². The van der Waals surface area contributed by atoms with Gasteiger partial charge in [0, 0.05) is 17.1 Å². The summed E-state index contributed by atoms with van der Waals surface area (Å²) in [6, 6.07) is 15.1. The van der Waals surface area contributed by atoms with Gasteiger partial charge in [-0.3, -0.25) is 4.79 Å². The van der Waals surface area contributed by atoms with Gasteiger partial charge in [-0.1, -0.05) is 11.6 Å². The van der Waals surface area contributed by atoms with Crippen LogP contribution in [-0.4, -0.2) is 29.9 Å². The van der Waals surface area contributed by atoms with E-state index in [0.717, 1.165) is 34.1 Å². The van der Waals surface area contributed by atoms with Crippen molar-refractivity contribution in [2.24, 2.45) is 4.99 Å². The molecule has 2 heterocycles. The Kier molecular flexibility index (Phi) is 6.30. The van der Waals surface area contributed by atoms with Gasteiger partial charge in [-0.2, -0.15) is 0 Å². The second-order valence-electron chi connectivity index (χ2n) is 7.16. The number of nitrogens with zero attached hydrogens (tertiary/aromatic N) is 2. The van der Waals surface area contributed by atoms with E-state index in [1.165, 1.54) is 11.8 Å². The Morgan fingerprint density at radius 1 is 1.06 bits per heavy atom. The molecule has 164 valence electrons. The molecular formula is C24H22ClN3O3S. The maximum absolute atomic E-state index is 12.5. The second-order valence-corrected chi connectivity index (χ2v) is 8.60. The zero-order valence-corrected chi connectivity index (χ0v) is 19.7. The van der Waals surface area contributed by atoms with Gasteiger partial charge < -0.3 is 19.4 Å². The minimum Gasteiger partial charge on any atom is -0.497 e. The Balaban J connectivity index is 1.61. The number of amidine groups is 1. The number of amides is 1. The van der Waals surface area contributed by atoms with E-state index in [9.17, 15) is 4.79 Å². The van der Waals surface area contributed by atoms with Crippen LogP contribution in [-0.2, 0) is 4.79 Å². The largest absolute Gasteiger partial charge is 0.497 e. The topological polar surface area (TPSA) is 64.8 Å². The SMILES string of the molecule is COc1ccc(N=C2NC(=O)C(=Cc3cc(C)n(-c4ccc(OC)c(Cl)c4)c3C)S2)cc1. The molecule has 6 nitrogen and oxygen atoms in total. The third-order valence-electron chi connectivity index (χ3n) is 5.10. The number of methoxy groups -OCH3 is 2. The molecule has 0 radical (unpaired) electrons. The van der Waals surface area contributed by atoms with E-state index in [0.29, 0.717) is 20.8 Å². The lowest BCUT2D eigenvalue weighted by Gasteiger charge is -2.11. The number of carbonyl (C=O) groups excluding carboxylic acids is 1. The molecule has 8 heteroatoms. The lowest BCUT2D eigenvalue weighted by atomic mass is 10.2. The van der Waals surface area contributed by atoms with Gasteiger partial charge in [-0.05, 0) is 85.8 Å². The molecule has 32 heavy (non-hydrogen) atoms. The van der Waals surface area contributed by atoms with Crippen LogP contribution >= 0.6 is 23.4 Å². The number of benzene rings is 2. The van der Waals surface area contributed by atoms with Gasteiger partial charge in [-0.15, -0.1) is 0 Å². The quantitative estimate of drug-likeness (QED) is 0.492. The zero-order valence-electron chi connectivity index (χ0n) is 18.1. The molecule has 0 saturated carbocycles. The van der Waals surface area contributed by atoms with E-state index in [2.05, 4.69) is 14.9 Å². The van der Waals surface area contributed by atoms with E-state index in [1.54, 1.807) is 14.2 Å². The van der Waals surface area contributed by atoms with Crippen LogP contribution in [0.5, 0.6) is 11.5 Å². The summed E-state index contributed by atoms with van der Waals surface area (Å²) in [5.74, 6) is 1.22. The molecule has 1 aromatic heterocycles. The third-order valence-corrected chi connectivity index (χ3v) is 6.31. The smallest absolute Gasteiger partial charge is 0.264 e. The molecule has 0 unspecified atom stereocenters. The van der Waals surface area contributed by atoms with Crippen molar-refractivity contribution in [1.29, 1.82) is 0 Å². The number of aromatic nitrogens is 1. The van der Waals surface area contributed by atoms with Crippen molar-refractivity contribution in [1.82, 2.24) is 9.88 Å². The van der Waals surface area contributed by atoms with E-state index >= 15 is 0 Å². The maximum Gasteiger partial charge on any atom is 0.264 e. The summed E-state index contributed by atoms with van der Waals surface area (Å²) in [6.07, 6.45) is 1.89. The zero-order chi connectivity index (χ0) is 22.8. The first-order chi connectivity index (χ1) is 15.4. The highest BCUT2D eigenvalue weighted by atomic mass is 35.5. The summed E-state index contributed by atoms with van der Waals surface area (Å²) in [7, 11) is 3.21. The lowest BCUT2D eigenvalue weighted by Crippen LogP contribution is -2.19. The highest BCUT2D eigenvalue weighted by Crippen LogP contribution is 2.32. The van der Waals surface area contributed by atoms with E-state index < -0.39 is 0 Å². The molecular weight excluding hydrogens is 446 g/mol.